The third-order valence-electron chi connectivity index (χ3n) is 2.62. The van der Waals surface area contributed by atoms with Crippen molar-refractivity contribution in [1.82, 2.24) is 14.3 Å². The Morgan fingerprint density at radius 2 is 2.12 bits per heavy atom. The lowest BCUT2D eigenvalue weighted by Crippen LogP contribution is -2.29. The van der Waals surface area contributed by atoms with Gasteiger partial charge >= 0.3 is 0 Å². The Kier molecular flexibility index (Phi) is 3.27. The van der Waals surface area contributed by atoms with Crippen LogP contribution in [0.15, 0.2) is 17.3 Å². The van der Waals surface area contributed by atoms with Crippen molar-refractivity contribution >= 4 is 16.0 Å². The SMILES string of the molecule is CNc1ncc(S(=O)(=O)N2CCC(O)C2)cn1. The van der Waals surface area contributed by atoms with Gasteiger partial charge < -0.3 is 10.4 Å². The van der Waals surface area contributed by atoms with Crippen LogP contribution in [0.4, 0.5) is 5.95 Å². The number of anilines is 1. The molecule has 2 N–H and O–H groups in total. The molecule has 1 aromatic heterocycles. The van der Waals surface area contributed by atoms with Crippen LogP contribution >= 0.6 is 0 Å². The van der Waals surface area contributed by atoms with E-state index in [2.05, 4.69) is 15.3 Å². The molecule has 0 aliphatic carbocycles. The van der Waals surface area contributed by atoms with Gasteiger partial charge in [-0.05, 0) is 6.42 Å². The number of hydrogen-bond donors (Lipinski definition) is 2. The highest BCUT2D eigenvalue weighted by atomic mass is 32.2. The van der Waals surface area contributed by atoms with Crippen molar-refractivity contribution in [2.24, 2.45) is 0 Å². The first-order valence-electron chi connectivity index (χ1n) is 5.22. The summed E-state index contributed by atoms with van der Waals surface area (Å²) in [7, 11) is -1.92. The molecule has 0 aromatic carbocycles. The zero-order valence-electron chi connectivity index (χ0n) is 9.37. The summed E-state index contributed by atoms with van der Waals surface area (Å²) in [6, 6.07) is 0. The fourth-order valence-corrected chi connectivity index (χ4v) is 3.04. The van der Waals surface area contributed by atoms with E-state index in [4.69, 9.17) is 0 Å². The number of aromatic nitrogens is 2. The van der Waals surface area contributed by atoms with Crippen LogP contribution < -0.4 is 5.32 Å². The van der Waals surface area contributed by atoms with Gasteiger partial charge in [0.05, 0.1) is 18.5 Å². The first-order chi connectivity index (χ1) is 8.04. The molecule has 8 heteroatoms. The van der Waals surface area contributed by atoms with Crippen LogP contribution in [-0.4, -0.2) is 54.0 Å². The standard InChI is InChI=1S/C9H14N4O3S/c1-10-9-11-4-8(5-12-9)17(15,16)13-3-2-7(14)6-13/h4-5,7,14H,2-3,6H2,1H3,(H,10,11,12). The second-order valence-electron chi connectivity index (χ2n) is 3.80. The van der Waals surface area contributed by atoms with Crippen LogP contribution in [0.3, 0.4) is 0 Å². The topological polar surface area (TPSA) is 95.4 Å². The molecule has 0 bridgehead atoms. The molecule has 17 heavy (non-hydrogen) atoms. The van der Waals surface area contributed by atoms with Crippen LogP contribution in [0.1, 0.15) is 6.42 Å². The van der Waals surface area contributed by atoms with Crippen LogP contribution in [0.2, 0.25) is 0 Å². The highest BCUT2D eigenvalue weighted by molar-refractivity contribution is 7.89. The maximum Gasteiger partial charge on any atom is 0.246 e. The van der Waals surface area contributed by atoms with Crippen molar-refractivity contribution in [3.63, 3.8) is 0 Å². The van der Waals surface area contributed by atoms with Gasteiger partial charge in [-0.25, -0.2) is 18.4 Å². The first-order valence-corrected chi connectivity index (χ1v) is 6.66. The van der Waals surface area contributed by atoms with Crippen LogP contribution in [0, 0.1) is 0 Å². The molecule has 2 rings (SSSR count). The van der Waals surface area contributed by atoms with E-state index >= 15 is 0 Å². The first kappa shape index (κ1) is 12.2. The van der Waals surface area contributed by atoms with E-state index in [1.165, 1.54) is 16.7 Å². The molecule has 94 valence electrons. The van der Waals surface area contributed by atoms with E-state index in [1.54, 1.807) is 7.05 Å². The van der Waals surface area contributed by atoms with Crippen molar-refractivity contribution in [2.45, 2.75) is 17.4 Å². The Morgan fingerprint density at radius 3 is 2.59 bits per heavy atom. The zero-order valence-corrected chi connectivity index (χ0v) is 10.2. The molecule has 1 fully saturated rings. The summed E-state index contributed by atoms with van der Waals surface area (Å²) in [5, 5.41) is 12.1. The number of aliphatic hydroxyl groups is 1. The third-order valence-corrected chi connectivity index (χ3v) is 4.43. The number of nitrogens with one attached hydrogen (secondary N) is 1. The number of sulfonamides is 1. The Bertz CT molecular complexity index is 487. The minimum atomic E-state index is -3.58. The molecule has 7 nitrogen and oxygen atoms in total. The quantitative estimate of drug-likeness (QED) is 0.742. The summed E-state index contributed by atoms with van der Waals surface area (Å²) >= 11 is 0. The number of β-amino-alcohol motifs (C(OH)–C–C–N with tert-alkyl or cyclic N) is 1. The van der Waals surface area contributed by atoms with Gasteiger partial charge in [0.2, 0.25) is 16.0 Å². The van der Waals surface area contributed by atoms with Gasteiger partial charge in [0.25, 0.3) is 0 Å². The lowest BCUT2D eigenvalue weighted by Gasteiger charge is -2.15. The molecule has 0 saturated carbocycles. The molecule has 1 unspecified atom stereocenters. The maximum atomic E-state index is 12.1. The molecule has 0 amide bonds. The average Bonchev–Trinajstić information content (AvgIpc) is 2.77. The molecule has 1 atom stereocenters. The molecule has 1 aliphatic rings. The van der Waals surface area contributed by atoms with Crippen molar-refractivity contribution in [2.75, 3.05) is 25.5 Å². The Labute approximate surface area is 99.6 Å². The van der Waals surface area contributed by atoms with Crippen LogP contribution in [0.25, 0.3) is 0 Å². The predicted octanol–water partition coefficient (Wildman–Crippen LogP) is -0.726. The van der Waals surface area contributed by atoms with Crippen molar-refractivity contribution in [1.29, 1.82) is 0 Å². The minimum absolute atomic E-state index is 0.0469. The summed E-state index contributed by atoms with van der Waals surface area (Å²) in [5.41, 5.74) is 0. The zero-order chi connectivity index (χ0) is 12.5. The third kappa shape index (κ3) is 2.38. The van der Waals surface area contributed by atoms with Crippen LogP contribution in [-0.2, 0) is 10.0 Å². The predicted molar refractivity (Wildman–Crippen MR) is 61.0 cm³/mol. The fourth-order valence-electron chi connectivity index (χ4n) is 1.66. The van der Waals surface area contributed by atoms with Crippen LogP contribution in [0.5, 0.6) is 0 Å². The average molecular weight is 258 g/mol. The summed E-state index contributed by atoms with van der Waals surface area (Å²) in [6.45, 7) is 0.466. The van der Waals surface area contributed by atoms with E-state index in [9.17, 15) is 13.5 Å². The molecule has 1 aliphatic heterocycles. The molecule has 1 aromatic rings. The smallest absolute Gasteiger partial charge is 0.246 e. The molecule has 2 heterocycles. The van der Waals surface area contributed by atoms with E-state index < -0.39 is 16.1 Å². The van der Waals surface area contributed by atoms with E-state index in [1.807, 2.05) is 0 Å². The molecular formula is C9H14N4O3S. The van der Waals surface area contributed by atoms with E-state index in [0.29, 0.717) is 18.9 Å². The van der Waals surface area contributed by atoms with Gasteiger partial charge in [-0.3, -0.25) is 0 Å². The summed E-state index contributed by atoms with van der Waals surface area (Å²) in [5.74, 6) is 0.366. The summed E-state index contributed by atoms with van der Waals surface area (Å²) < 4.78 is 25.4. The number of hydrogen-bond acceptors (Lipinski definition) is 6. The molecule has 0 radical (unpaired) electrons. The second kappa shape index (κ2) is 4.55. The van der Waals surface area contributed by atoms with Gasteiger partial charge in [-0.15, -0.1) is 0 Å². The van der Waals surface area contributed by atoms with E-state index in [-0.39, 0.29) is 11.4 Å². The summed E-state index contributed by atoms with van der Waals surface area (Å²) in [4.78, 5) is 7.77. The second-order valence-corrected chi connectivity index (χ2v) is 5.74. The minimum Gasteiger partial charge on any atom is -0.392 e. The van der Waals surface area contributed by atoms with Gasteiger partial charge in [-0.2, -0.15) is 4.31 Å². The van der Waals surface area contributed by atoms with Gasteiger partial charge in [-0.1, -0.05) is 0 Å². The Morgan fingerprint density at radius 1 is 1.47 bits per heavy atom. The number of rotatable bonds is 3. The highest BCUT2D eigenvalue weighted by Gasteiger charge is 2.31. The molecule has 1 saturated heterocycles. The van der Waals surface area contributed by atoms with E-state index in [0.717, 1.165) is 0 Å². The molecular weight excluding hydrogens is 244 g/mol. The van der Waals surface area contributed by atoms with Crippen molar-refractivity contribution in [3.05, 3.63) is 12.4 Å². The lowest BCUT2D eigenvalue weighted by atomic mass is 10.3. The van der Waals surface area contributed by atoms with Gasteiger partial charge in [0.15, 0.2) is 0 Å². The van der Waals surface area contributed by atoms with Crippen molar-refractivity contribution < 1.29 is 13.5 Å². The highest BCUT2D eigenvalue weighted by Crippen LogP contribution is 2.20. The monoisotopic (exact) mass is 258 g/mol. The van der Waals surface area contributed by atoms with Crippen molar-refractivity contribution in [3.8, 4) is 0 Å². The largest absolute Gasteiger partial charge is 0.392 e. The maximum absolute atomic E-state index is 12.1. The summed E-state index contributed by atoms with van der Waals surface area (Å²) in [6.07, 6.45) is 2.41. The Hall–Kier alpha value is -1.25. The fraction of sp³-hybridized carbons (Fsp3) is 0.556. The Balaban J connectivity index is 2.25. The lowest BCUT2D eigenvalue weighted by molar-refractivity contribution is 0.189. The number of aliphatic hydroxyl groups excluding tert-OH is 1. The van der Waals surface area contributed by atoms with Gasteiger partial charge in [0.1, 0.15) is 4.90 Å². The van der Waals surface area contributed by atoms with Gasteiger partial charge in [0, 0.05) is 20.1 Å². The normalized spacial score (nSPS) is 21.6. The molecule has 0 spiro atoms. The number of nitrogens with zero attached hydrogens (tertiary/aromatic N) is 3.